The molecule has 2 fully saturated rings. The first-order valence-electron chi connectivity index (χ1n) is 11.7. The van der Waals surface area contributed by atoms with E-state index in [0.717, 1.165) is 29.7 Å². The number of halogens is 1. The number of imidazole rings is 1. The van der Waals surface area contributed by atoms with E-state index in [4.69, 9.17) is 4.74 Å². The van der Waals surface area contributed by atoms with Crippen LogP contribution in [0.1, 0.15) is 29.4 Å². The van der Waals surface area contributed by atoms with Gasteiger partial charge in [0.2, 0.25) is 0 Å². The van der Waals surface area contributed by atoms with E-state index in [1.54, 1.807) is 22.4 Å². The third kappa shape index (κ3) is 4.51. The number of nitrogens with zero attached hydrogens (tertiary/aromatic N) is 4. The number of aliphatic hydroxyl groups excluding tert-OH is 1. The standard InChI is InChI=1S/C26H27BrN4O4/c1-17-22(30-10-3-2-8-20(30)28-17)24(32)21-23(18-6-4-7-19(27)16-18)31(26(34)25(21)33)11-5-9-29-12-14-35-15-13-29/h2-4,6-8,10,16,23,32H,5,9,11-15H2,1H3/b24-21+/t23-/m1/s1. The molecule has 5 rings (SSSR count). The van der Waals surface area contributed by atoms with Gasteiger partial charge in [-0.2, -0.15) is 0 Å². The molecule has 1 atom stereocenters. The first-order valence-corrected chi connectivity index (χ1v) is 12.5. The minimum Gasteiger partial charge on any atom is -0.505 e. The molecule has 1 amide bonds. The van der Waals surface area contributed by atoms with Crippen molar-refractivity contribution < 1.29 is 19.4 Å². The van der Waals surface area contributed by atoms with Crippen LogP contribution in [0.15, 0.2) is 58.7 Å². The number of ether oxygens (including phenoxy) is 1. The first-order chi connectivity index (χ1) is 17.0. The number of amides is 1. The van der Waals surface area contributed by atoms with E-state index in [2.05, 4.69) is 25.8 Å². The fourth-order valence-electron chi connectivity index (χ4n) is 4.95. The summed E-state index contributed by atoms with van der Waals surface area (Å²) >= 11 is 3.50. The number of aromatic nitrogens is 2. The molecule has 0 saturated carbocycles. The number of pyridine rings is 1. The number of morpholine rings is 1. The topological polar surface area (TPSA) is 87.4 Å². The maximum absolute atomic E-state index is 13.4. The maximum atomic E-state index is 13.4. The second-order valence-electron chi connectivity index (χ2n) is 8.83. The van der Waals surface area contributed by atoms with Crippen molar-refractivity contribution in [2.75, 3.05) is 39.4 Å². The summed E-state index contributed by atoms with van der Waals surface area (Å²) in [4.78, 5) is 35.0. The van der Waals surface area contributed by atoms with Gasteiger partial charge in [0.25, 0.3) is 11.7 Å². The van der Waals surface area contributed by atoms with E-state index in [1.165, 1.54) is 0 Å². The van der Waals surface area contributed by atoms with E-state index >= 15 is 0 Å². The molecule has 2 aromatic heterocycles. The van der Waals surface area contributed by atoms with Gasteiger partial charge in [-0.15, -0.1) is 0 Å². The highest BCUT2D eigenvalue weighted by atomic mass is 79.9. The van der Waals surface area contributed by atoms with Crippen molar-refractivity contribution in [1.82, 2.24) is 19.2 Å². The van der Waals surface area contributed by atoms with Crippen molar-refractivity contribution in [1.29, 1.82) is 0 Å². The summed E-state index contributed by atoms with van der Waals surface area (Å²) in [6.45, 7) is 6.14. The lowest BCUT2D eigenvalue weighted by Gasteiger charge is -2.29. The van der Waals surface area contributed by atoms with Crippen LogP contribution in [0.25, 0.3) is 11.4 Å². The van der Waals surface area contributed by atoms with Crippen LogP contribution >= 0.6 is 15.9 Å². The molecule has 0 aliphatic carbocycles. The summed E-state index contributed by atoms with van der Waals surface area (Å²) in [6, 6.07) is 12.4. The molecule has 1 aromatic carbocycles. The lowest BCUT2D eigenvalue weighted by Crippen LogP contribution is -2.38. The molecule has 1 N–H and O–H groups in total. The largest absolute Gasteiger partial charge is 0.505 e. The highest BCUT2D eigenvalue weighted by Crippen LogP contribution is 2.40. The molecular weight excluding hydrogens is 512 g/mol. The highest BCUT2D eigenvalue weighted by molar-refractivity contribution is 9.10. The van der Waals surface area contributed by atoms with Crippen LogP contribution in [0, 0.1) is 6.92 Å². The van der Waals surface area contributed by atoms with Crippen molar-refractivity contribution in [2.45, 2.75) is 19.4 Å². The second kappa shape index (κ2) is 9.93. The van der Waals surface area contributed by atoms with Crippen molar-refractivity contribution in [3.8, 4) is 0 Å². The normalized spacial score (nSPS) is 20.7. The lowest BCUT2D eigenvalue weighted by molar-refractivity contribution is -0.140. The molecule has 3 aromatic rings. The van der Waals surface area contributed by atoms with Gasteiger partial charge in [-0.05, 0) is 43.2 Å². The van der Waals surface area contributed by atoms with Crippen molar-refractivity contribution in [2.24, 2.45) is 0 Å². The van der Waals surface area contributed by atoms with Gasteiger partial charge < -0.3 is 14.7 Å². The van der Waals surface area contributed by atoms with Gasteiger partial charge in [0.1, 0.15) is 11.3 Å². The predicted molar refractivity (Wildman–Crippen MR) is 135 cm³/mol. The van der Waals surface area contributed by atoms with Crippen LogP contribution in [0.2, 0.25) is 0 Å². The summed E-state index contributed by atoms with van der Waals surface area (Å²) in [5, 5.41) is 11.5. The molecule has 9 heteroatoms. The molecule has 4 heterocycles. The molecule has 0 unspecified atom stereocenters. The van der Waals surface area contributed by atoms with Crippen molar-refractivity contribution in [3.05, 3.63) is 75.7 Å². The van der Waals surface area contributed by atoms with Crippen molar-refractivity contribution >= 4 is 39.0 Å². The summed E-state index contributed by atoms with van der Waals surface area (Å²) < 4.78 is 7.99. The van der Waals surface area contributed by atoms with Crippen LogP contribution in [-0.4, -0.2) is 75.4 Å². The zero-order valence-electron chi connectivity index (χ0n) is 19.5. The van der Waals surface area contributed by atoms with E-state index in [1.807, 2.05) is 42.5 Å². The Bertz CT molecular complexity index is 1310. The molecule has 2 saturated heterocycles. The quantitative estimate of drug-likeness (QED) is 0.293. The fraction of sp³-hybridized carbons (Fsp3) is 0.346. The van der Waals surface area contributed by atoms with Gasteiger partial charge in [-0.1, -0.05) is 34.1 Å². The highest BCUT2D eigenvalue weighted by Gasteiger charge is 2.46. The van der Waals surface area contributed by atoms with Crippen molar-refractivity contribution in [3.63, 3.8) is 0 Å². The SMILES string of the molecule is Cc1nc2ccccn2c1/C(O)=C1\C(=O)C(=O)N(CCCN2CCOCC2)[C@@H]1c1cccc(Br)c1. The summed E-state index contributed by atoms with van der Waals surface area (Å²) in [5.74, 6) is -1.48. The molecule has 2 aliphatic heterocycles. The number of aryl methyl sites for hydroxylation is 1. The molecule has 182 valence electrons. The second-order valence-corrected chi connectivity index (χ2v) is 9.75. The summed E-state index contributed by atoms with van der Waals surface area (Å²) in [6.07, 6.45) is 2.50. The van der Waals surface area contributed by atoms with Gasteiger partial charge in [-0.25, -0.2) is 4.98 Å². The number of carbonyl (C=O) groups excluding carboxylic acids is 2. The predicted octanol–water partition coefficient (Wildman–Crippen LogP) is 3.55. The van der Waals surface area contributed by atoms with Crippen LogP contribution in [0.4, 0.5) is 0 Å². The Kier molecular flexibility index (Phi) is 6.73. The van der Waals surface area contributed by atoms with Crippen LogP contribution in [-0.2, 0) is 14.3 Å². The van der Waals surface area contributed by atoms with Crippen LogP contribution in [0.5, 0.6) is 0 Å². The zero-order chi connectivity index (χ0) is 24.5. The summed E-state index contributed by atoms with van der Waals surface area (Å²) in [5.41, 5.74) is 2.52. The number of carbonyl (C=O) groups is 2. The van der Waals surface area contributed by atoms with Crippen LogP contribution < -0.4 is 0 Å². The Hall–Kier alpha value is -3.01. The molecule has 35 heavy (non-hydrogen) atoms. The smallest absolute Gasteiger partial charge is 0.295 e. The number of likely N-dealkylation sites (tertiary alicyclic amines) is 1. The minimum atomic E-state index is -0.689. The molecule has 2 aliphatic rings. The van der Waals surface area contributed by atoms with Gasteiger partial charge in [0, 0.05) is 36.8 Å². The number of aliphatic hydroxyl groups is 1. The molecule has 0 spiro atoms. The maximum Gasteiger partial charge on any atom is 0.295 e. The Morgan fingerprint density at radius 1 is 1.14 bits per heavy atom. The molecule has 0 bridgehead atoms. The van der Waals surface area contributed by atoms with E-state index in [9.17, 15) is 14.7 Å². The average Bonchev–Trinajstić information content (AvgIpc) is 3.32. The third-order valence-corrected chi connectivity index (χ3v) is 7.10. The van der Waals surface area contributed by atoms with Gasteiger partial charge >= 0.3 is 0 Å². The monoisotopic (exact) mass is 538 g/mol. The number of hydrogen-bond acceptors (Lipinski definition) is 6. The number of fused-ring (bicyclic) bond motifs is 1. The van der Waals surface area contributed by atoms with Crippen LogP contribution in [0.3, 0.4) is 0 Å². The average molecular weight is 539 g/mol. The zero-order valence-corrected chi connectivity index (χ0v) is 21.1. The third-order valence-electron chi connectivity index (χ3n) is 6.61. The number of Topliss-reactive ketones (excluding diaryl/α,β-unsaturated/α-hetero) is 1. The number of ketones is 1. The first kappa shape index (κ1) is 23.7. The Morgan fingerprint density at radius 2 is 1.94 bits per heavy atom. The van der Waals surface area contributed by atoms with Gasteiger partial charge in [0.05, 0.1) is 30.5 Å². The van der Waals surface area contributed by atoms with E-state index < -0.39 is 17.7 Å². The van der Waals surface area contributed by atoms with E-state index in [0.29, 0.717) is 43.2 Å². The van der Waals surface area contributed by atoms with E-state index in [-0.39, 0.29) is 11.3 Å². The molecule has 0 radical (unpaired) electrons. The molecule has 8 nitrogen and oxygen atoms in total. The Balaban J connectivity index is 1.55. The Morgan fingerprint density at radius 3 is 2.71 bits per heavy atom. The van der Waals surface area contributed by atoms with Gasteiger partial charge in [-0.3, -0.25) is 18.9 Å². The minimum absolute atomic E-state index is 0.0909. The summed E-state index contributed by atoms with van der Waals surface area (Å²) in [7, 11) is 0. The molecular formula is C26H27BrN4O4. The Labute approximate surface area is 211 Å². The number of rotatable bonds is 6. The number of benzene rings is 1. The van der Waals surface area contributed by atoms with Gasteiger partial charge in [0.15, 0.2) is 5.76 Å². The number of hydrogen-bond donors (Lipinski definition) is 1. The lowest BCUT2D eigenvalue weighted by atomic mass is 9.96. The fourth-order valence-corrected chi connectivity index (χ4v) is 5.37.